The number of aromatic hydroxyl groups is 2. The number of carbonyl (C=O) groups is 2. The van der Waals surface area contributed by atoms with Gasteiger partial charge in [-0.15, -0.1) is 0 Å². The number of ether oxygens (including phenoxy) is 3. The second kappa shape index (κ2) is 20.0. The van der Waals surface area contributed by atoms with Gasteiger partial charge in [0.2, 0.25) is 0 Å². The second-order valence-corrected chi connectivity index (χ2v) is 14.0. The van der Waals surface area contributed by atoms with Crippen LogP contribution in [0.15, 0.2) is 164 Å². The first-order valence-corrected chi connectivity index (χ1v) is 20.4. The largest absolute Gasteiger partial charge is 0.508 e. The number of nitrogens with zero attached hydrogens (tertiary/aromatic N) is 4. The molecule has 9 aromatic rings. The van der Waals surface area contributed by atoms with E-state index in [1.165, 1.54) is 7.11 Å². The first-order valence-electron chi connectivity index (χ1n) is 20.4. The van der Waals surface area contributed by atoms with E-state index in [1.807, 2.05) is 98.8 Å². The van der Waals surface area contributed by atoms with Crippen LogP contribution in [0.25, 0.3) is 67.1 Å². The summed E-state index contributed by atoms with van der Waals surface area (Å²) >= 11 is 0. The summed E-state index contributed by atoms with van der Waals surface area (Å²) in [4.78, 5) is 44.2. The average molecular weight is 849 g/mol. The molecule has 0 amide bonds. The summed E-state index contributed by atoms with van der Waals surface area (Å²) in [5.74, 6) is 1.35. The molecular formula is C53H44N4O7. The number of ketones is 1. The Labute approximate surface area is 370 Å². The molecule has 2 N–H and O–H groups in total. The maximum Gasteiger partial charge on any atom is 0.337 e. The summed E-state index contributed by atoms with van der Waals surface area (Å²) in [6.45, 7) is 4.00. The van der Waals surface area contributed by atoms with Crippen LogP contribution < -0.4 is 9.47 Å². The quantitative estimate of drug-likeness (QED) is 0.105. The minimum absolute atomic E-state index is 0.0621. The maximum absolute atomic E-state index is 13.0. The van der Waals surface area contributed by atoms with Gasteiger partial charge in [-0.2, -0.15) is 0 Å². The molecule has 0 saturated carbocycles. The number of phenols is 2. The highest BCUT2D eigenvalue weighted by Gasteiger charge is 2.18. The lowest BCUT2D eigenvalue weighted by Gasteiger charge is -2.12. The van der Waals surface area contributed by atoms with E-state index < -0.39 is 5.97 Å². The number of benzene rings is 7. The van der Waals surface area contributed by atoms with Crippen LogP contribution in [0.1, 0.15) is 40.1 Å². The predicted molar refractivity (Wildman–Crippen MR) is 250 cm³/mol. The van der Waals surface area contributed by atoms with Crippen molar-refractivity contribution in [3.8, 4) is 68.0 Å². The molecule has 0 bridgehead atoms. The number of methoxy groups -OCH3 is 3. The molecule has 0 atom stereocenters. The van der Waals surface area contributed by atoms with Crippen molar-refractivity contribution in [2.75, 3.05) is 21.3 Å². The molecule has 0 fully saturated rings. The Hall–Kier alpha value is -8.44. The monoisotopic (exact) mass is 848 g/mol. The summed E-state index contributed by atoms with van der Waals surface area (Å²) in [7, 11) is 4.58. The predicted octanol–water partition coefficient (Wildman–Crippen LogP) is 11.4. The molecule has 9 rings (SSSR count). The number of carbonyl (C=O) groups excluding carboxylic acids is 2. The molecule has 0 spiro atoms. The number of hydrogen-bond donors (Lipinski definition) is 2. The van der Waals surface area contributed by atoms with Gasteiger partial charge < -0.3 is 24.4 Å². The molecule has 0 aliphatic carbocycles. The fourth-order valence-electron chi connectivity index (χ4n) is 6.79. The molecule has 318 valence electrons. The van der Waals surface area contributed by atoms with Crippen LogP contribution in [0, 0.1) is 0 Å². The zero-order valence-corrected chi connectivity index (χ0v) is 35.8. The molecule has 0 radical (unpaired) electrons. The van der Waals surface area contributed by atoms with Crippen molar-refractivity contribution in [1.82, 2.24) is 19.9 Å². The SMILES string of the molecule is CC.COC(=O)c1ccc2nc(-c3ccc(O)cc3)c(-c3ccc(OC)cc3)nc2c1.COc1ccc(-c2nc3cc(C(=O)c4ccccc4)ccc3nc2-c2ccc(O)cc2)cc1. The van der Waals surface area contributed by atoms with Crippen LogP contribution in [0.4, 0.5) is 0 Å². The van der Waals surface area contributed by atoms with Crippen molar-refractivity contribution in [2.45, 2.75) is 13.8 Å². The zero-order chi connectivity index (χ0) is 45.2. The third-order valence-corrected chi connectivity index (χ3v) is 10.1. The highest BCUT2D eigenvalue weighted by molar-refractivity contribution is 6.10. The van der Waals surface area contributed by atoms with E-state index in [2.05, 4.69) is 0 Å². The van der Waals surface area contributed by atoms with Gasteiger partial charge in [0.15, 0.2) is 5.78 Å². The van der Waals surface area contributed by atoms with Gasteiger partial charge >= 0.3 is 5.97 Å². The number of hydrogen-bond acceptors (Lipinski definition) is 11. The fourth-order valence-corrected chi connectivity index (χ4v) is 6.79. The molecule has 11 nitrogen and oxygen atoms in total. The molecule has 2 aromatic heterocycles. The Morgan fingerprint density at radius 3 is 1.16 bits per heavy atom. The Balaban J connectivity index is 0.000000186. The van der Waals surface area contributed by atoms with Gasteiger partial charge in [0, 0.05) is 33.4 Å². The first-order chi connectivity index (χ1) is 31.2. The van der Waals surface area contributed by atoms with Crippen LogP contribution in [0.3, 0.4) is 0 Å². The van der Waals surface area contributed by atoms with Crippen LogP contribution in [0.5, 0.6) is 23.0 Å². The van der Waals surface area contributed by atoms with Crippen molar-refractivity contribution in [2.24, 2.45) is 0 Å². The number of rotatable bonds is 9. The van der Waals surface area contributed by atoms with E-state index in [0.29, 0.717) is 61.5 Å². The summed E-state index contributed by atoms with van der Waals surface area (Å²) in [5.41, 5.74) is 10.2. The molecule has 0 aliphatic heterocycles. The molecule has 64 heavy (non-hydrogen) atoms. The first kappa shape index (κ1) is 43.6. The third-order valence-electron chi connectivity index (χ3n) is 10.1. The molecule has 0 aliphatic rings. The fraction of sp³-hybridized carbons (Fsp3) is 0.0943. The molecule has 0 saturated heterocycles. The minimum atomic E-state index is -0.428. The molecule has 11 heteroatoms. The van der Waals surface area contributed by atoms with Crippen LogP contribution in [-0.2, 0) is 4.74 Å². The lowest BCUT2D eigenvalue weighted by molar-refractivity contribution is 0.0600. The van der Waals surface area contributed by atoms with Gasteiger partial charge in [0.25, 0.3) is 0 Å². The van der Waals surface area contributed by atoms with Gasteiger partial charge in [0.1, 0.15) is 23.0 Å². The third kappa shape index (κ3) is 9.69. The number of fused-ring (bicyclic) bond motifs is 2. The molecule has 2 heterocycles. The van der Waals surface area contributed by atoms with Gasteiger partial charge in [-0.05, 0) is 133 Å². The summed E-state index contributed by atoms with van der Waals surface area (Å²) in [6.07, 6.45) is 0. The molecule has 7 aromatic carbocycles. The Bertz CT molecular complexity index is 3050. The van der Waals surface area contributed by atoms with Crippen molar-refractivity contribution in [1.29, 1.82) is 0 Å². The topological polar surface area (TPSA) is 154 Å². The Kier molecular flexibility index (Phi) is 13.6. The lowest BCUT2D eigenvalue weighted by Crippen LogP contribution is -2.02. The normalized spacial score (nSPS) is 10.5. The van der Waals surface area contributed by atoms with E-state index in [9.17, 15) is 19.8 Å². The summed E-state index contributed by atoms with van der Waals surface area (Å²) in [6, 6.07) is 48.4. The number of aromatic nitrogens is 4. The van der Waals surface area contributed by atoms with Gasteiger partial charge in [-0.25, -0.2) is 24.7 Å². The Morgan fingerprint density at radius 2 is 0.766 bits per heavy atom. The van der Waals surface area contributed by atoms with Crippen molar-refractivity contribution >= 4 is 33.8 Å². The van der Waals surface area contributed by atoms with E-state index in [1.54, 1.807) is 93.1 Å². The Morgan fingerprint density at radius 1 is 0.406 bits per heavy atom. The van der Waals surface area contributed by atoms with E-state index in [4.69, 9.17) is 34.1 Å². The standard InChI is InChI=1S/C28H20N2O3.C23H18N2O4.C2H6/c1-33-23-14-9-19(10-15-23)27-26(18-7-12-22(31)13-8-18)29-24-16-11-21(17-25(24)30-27)28(32)20-5-3-2-4-6-20;1-28-18-10-5-15(6-11-18)22-21(14-3-8-17(26)9-4-14)24-19-12-7-16(23(27)29-2)13-20(19)25-22;1-2/h2-17,31H,1H3;3-13,26H,1-2H3;1-2H3. The van der Waals surface area contributed by atoms with E-state index >= 15 is 0 Å². The minimum Gasteiger partial charge on any atom is -0.508 e. The molecular weight excluding hydrogens is 805 g/mol. The van der Waals surface area contributed by atoms with Crippen molar-refractivity contribution in [3.05, 3.63) is 180 Å². The second-order valence-electron chi connectivity index (χ2n) is 14.0. The summed E-state index contributed by atoms with van der Waals surface area (Å²) < 4.78 is 15.3. The van der Waals surface area contributed by atoms with Crippen LogP contribution >= 0.6 is 0 Å². The lowest BCUT2D eigenvalue weighted by atomic mass is 10.0. The van der Waals surface area contributed by atoms with Gasteiger partial charge in [0.05, 0.1) is 71.7 Å². The zero-order valence-electron chi connectivity index (χ0n) is 35.8. The highest BCUT2D eigenvalue weighted by Crippen LogP contribution is 2.35. The van der Waals surface area contributed by atoms with Crippen LogP contribution in [0.2, 0.25) is 0 Å². The summed E-state index contributed by atoms with van der Waals surface area (Å²) in [5, 5.41) is 19.3. The van der Waals surface area contributed by atoms with Gasteiger partial charge in [-0.3, -0.25) is 4.79 Å². The maximum atomic E-state index is 13.0. The van der Waals surface area contributed by atoms with Crippen molar-refractivity contribution < 1.29 is 34.0 Å². The van der Waals surface area contributed by atoms with E-state index in [0.717, 1.165) is 33.8 Å². The smallest absolute Gasteiger partial charge is 0.337 e. The number of esters is 1. The number of phenolic OH excluding ortho intramolecular Hbond substituents is 2. The van der Waals surface area contributed by atoms with E-state index in [-0.39, 0.29) is 17.3 Å². The highest BCUT2D eigenvalue weighted by atomic mass is 16.5. The molecule has 0 unspecified atom stereocenters. The average Bonchev–Trinajstić information content (AvgIpc) is 3.36. The van der Waals surface area contributed by atoms with Crippen molar-refractivity contribution in [3.63, 3.8) is 0 Å². The van der Waals surface area contributed by atoms with Crippen LogP contribution in [-0.4, -0.2) is 63.2 Å². The van der Waals surface area contributed by atoms with Gasteiger partial charge in [-0.1, -0.05) is 44.2 Å².